The van der Waals surface area contributed by atoms with Crippen LogP contribution in [0.3, 0.4) is 0 Å². The van der Waals surface area contributed by atoms with E-state index in [2.05, 4.69) is 10.2 Å². The van der Waals surface area contributed by atoms with Crippen molar-refractivity contribution in [1.82, 2.24) is 10.2 Å². The van der Waals surface area contributed by atoms with E-state index in [0.717, 1.165) is 6.42 Å². The summed E-state index contributed by atoms with van der Waals surface area (Å²) in [5, 5.41) is 17.1. The van der Waals surface area contributed by atoms with E-state index in [4.69, 9.17) is 9.52 Å². The molecule has 1 N–H and O–H groups in total. The van der Waals surface area contributed by atoms with Gasteiger partial charge >= 0.3 is 5.97 Å². The molecule has 0 aliphatic heterocycles. The number of carboxylic acid groups (broad SMARTS) is 1. The Balaban J connectivity index is 1.87. The third-order valence-corrected chi connectivity index (χ3v) is 3.54. The van der Waals surface area contributed by atoms with Crippen LogP contribution in [-0.2, 0) is 6.42 Å². The second kappa shape index (κ2) is 4.84. The SMILES string of the molecule is O=C(O)c1ccccc1-c1nnc(CC2CCC2)o1. The highest BCUT2D eigenvalue weighted by Gasteiger charge is 2.22. The Kier molecular flexibility index (Phi) is 3.03. The Morgan fingerprint density at radius 2 is 2.11 bits per heavy atom. The van der Waals surface area contributed by atoms with Gasteiger partial charge in [0.15, 0.2) is 0 Å². The fourth-order valence-corrected chi connectivity index (χ4v) is 2.24. The van der Waals surface area contributed by atoms with Crippen LogP contribution in [0.1, 0.15) is 35.5 Å². The molecule has 1 aliphatic carbocycles. The molecule has 1 aliphatic rings. The number of benzene rings is 1. The highest BCUT2D eigenvalue weighted by molar-refractivity contribution is 5.94. The van der Waals surface area contributed by atoms with E-state index in [1.54, 1.807) is 18.2 Å². The predicted octanol–water partition coefficient (Wildman–Crippen LogP) is 2.78. The standard InChI is InChI=1S/C14H14N2O3/c17-14(18)11-7-2-1-6-10(11)13-16-15-12(19-13)8-9-4-3-5-9/h1-2,6-7,9H,3-5,8H2,(H,17,18). The van der Waals surface area contributed by atoms with Gasteiger partial charge in [0, 0.05) is 6.42 Å². The third-order valence-electron chi connectivity index (χ3n) is 3.54. The first kappa shape index (κ1) is 11.9. The van der Waals surface area contributed by atoms with Crippen LogP contribution in [0.15, 0.2) is 28.7 Å². The molecule has 0 atom stereocenters. The average molecular weight is 258 g/mol. The zero-order valence-electron chi connectivity index (χ0n) is 10.4. The van der Waals surface area contributed by atoms with E-state index >= 15 is 0 Å². The summed E-state index contributed by atoms with van der Waals surface area (Å²) in [5.41, 5.74) is 0.656. The number of aromatic nitrogens is 2. The molecule has 0 unspecified atom stereocenters. The molecule has 1 aromatic carbocycles. The maximum atomic E-state index is 11.1. The van der Waals surface area contributed by atoms with Crippen LogP contribution < -0.4 is 0 Å². The molecule has 1 fully saturated rings. The second-order valence-corrected chi connectivity index (χ2v) is 4.85. The molecule has 0 spiro atoms. The van der Waals surface area contributed by atoms with E-state index in [1.807, 2.05) is 0 Å². The van der Waals surface area contributed by atoms with E-state index < -0.39 is 5.97 Å². The van der Waals surface area contributed by atoms with Crippen LogP contribution in [0.25, 0.3) is 11.5 Å². The number of nitrogens with zero attached hydrogens (tertiary/aromatic N) is 2. The fourth-order valence-electron chi connectivity index (χ4n) is 2.24. The van der Waals surface area contributed by atoms with Crippen molar-refractivity contribution in [2.75, 3.05) is 0 Å². The van der Waals surface area contributed by atoms with Crippen molar-refractivity contribution >= 4 is 5.97 Å². The summed E-state index contributed by atoms with van der Waals surface area (Å²) in [6.45, 7) is 0. The highest BCUT2D eigenvalue weighted by atomic mass is 16.4. The van der Waals surface area contributed by atoms with Crippen molar-refractivity contribution < 1.29 is 14.3 Å². The first-order valence-corrected chi connectivity index (χ1v) is 6.39. The number of rotatable bonds is 4. The van der Waals surface area contributed by atoms with Gasteiger partial charge in [0.05, 0.1) is 11.1 Å². The van der Waals surface area contributed by atoms with E-state index in [9.17, 15) is 4.79 Å². The highest BCUT2D eigenvalue weighted by Crippen LogP contribution is 2.30. The summed E-state index contributed by atoms with van der Waals surface area (Å²) in [6, 6.07) is 6.66. The number of hydrogen-bond donors (Lipinski definition) is 1. The molecule has 0 radical (unpaired) electrons. The minimum absolute atomic E-state index is 0.182. The quantitative estimate of drug-likeness (QED) is 0.912. The van der Waals surface area contributed by atoms with Gasteiger partial charge in [-0.2, -0.15) is 0 Å². The van der Waals surface area contributed by atoms with Crippen molar-refractivity contribution in [3.8, 4) is 11.5 Å². The summed E-state index contributed by atoms with van der Waals surface area (Å²) in [5.74, 6) is 0.532. The molecular weight excluding hydrogens is 244 g/mol. The summed E-state index contributed by atoms with van der Waals surface area (Å²) in [4.78, 5) is 11.1. The van der Waals surface area contributed by atoms with E-state index in [0.29, 0.717) is 17.4 Å². The Morgan fingerprint density at radius 1 is 1.32 bits per heavy atom. The molecule has 5 nitrogen and oxygen atoms in total. The lowest BCUT2D eigenvalue weighted by Crippen LogP contribution is -2.13. The molecule has 1 heterocycles. The maximum Gasteiger partial charge on any atom is 0.336 e. The second-order valence-electron chi connectivity index (χ2n) is 4.85. The molecule has 0 amide bonds. The molecule has 98 valence electrons. The van der Waals surface area contributed by atoms with Gasteiger partial charge in [-0.1, -0.05) is 18.6 Å². The van der Waals surface area contributed by atoms with Crippen LogP contribution in [0.4, 0.5) is 0 Å². The van der Waals surface area contributed by atoms with Gasteiger partial charge in [-0.15, -0.1) is 10.2 Å². The molecule has 1 saturated carbocycles. The maximum absolute atomic E-state index is 11.1. The number of carbonyl (C=O) groups is 1. The van der Waals surface area contributed by atoms with E-state index in [-0.39, 0.29) is 11.5 Å². The molecular formula is C14H14N2O3. The van der Waals surface area contributed by atoms with Gasteiger partial charge < -0.3 is 9.52 Å². The molecule has 0 saturated heterocycles. The van der Waals surface area contributed by atoms with Crippen LogP contribution >= 0.6 is 0 Å². The van der Waals surface area contributed by atoms with Crippen LogP contribution in [0.5, 0.6) is 0 Å². The monoisotopic (exact) mass is 258 g/mol. The third kappa shape index (κ3) is 2.36. The first-order valence-electron chi connectivity index (χ1n) is 6.39. The molecule has 2 aromatic rings. The number of hydrogen-bond acceptors (Lipinski definition) is 4. The van der Waals surface area contributed by atoms with Crippen molar-refractivity contribution in [3.05, 3.63) is 35.7 Å². The minimum Gasteiger partial charge on any atom is -0.478 e. The molecule has 5 heteroatoms. The van der Waals surface area contributed by atoms with Gasteiger partial charge in [0.1, 0.15) is 0 Å². The lowest BCUT2D eigenvalue weighted by atomic mass is 9.83. The lowest BCUT2D eigenvalue weighted by Gasteiger charge is -2.23. The minimum atomic E-state index is -0.991. The van der Waals surface area contributed by atoms with Gasteiger partial charge in [0.2, 0.25) is 11.8 Å². The molecule has 0 bridgehead atoms. The Bertz CT molecular complexity index is 602. The molecule has 3 rings (SSSR count). The van der Waals surface area contributed by atoms with Crippen molar-refractivity contribution in [3.63, 3.8) is 0 Å². The Morgan fingerprint density at radius 3 is 2.79 bits per heavy atom. The van der Waals surface area contributed by atoms with Crippen molar-refractivity contribution in [2.24, 2.45) is 5.92 Å². The number of aromatic carboxylic acids is 1. The average Bonchev–Trinajstić information content (AvgIpc) is 2.82. The van der Waals surface area contributed by atoms with Crippen LogP contribution in [0, 0.1) is 5.92 Å². The van der Waals surface area contributed by atoms with Gasteiger partial charge in [-0.3, -0.25) is 0 Å². The van der Waals surface area contributed by atoms with Gasteiger partial charge in [0.25, 0.3) is 0 Å². The Labute approximate surface area is 110 Å². The summed E-state index contributed by atoms with van der Waals surface area (Å²) < 4.78 is 5.58. The Hall–Kier alpha value is -2.17. The summed E-state index contributed by atoms with van der Waals surface area (Å²) in [7, 11) is 0. The summed E-state index contributed by atoms with van der Waals surface area (Å²) >= 11 is 0. The summed E-state index contributed by atoms with van der Waals surface area (Å²) in [6.07, 6.45) is 4.49. The fraction of sp³-hybridized carbons (Fsp3) is 0.357. The zero-order valence-corrected chi connectivity index (χ0v) is 10.4. The lowest BCUT2D eigenvalue weighted by molar-refractivity contribution is 0.0697. The van der Waals surface area contributed by atoms with E-state index in [1.165, 1.54) is 25.3 Å². The predicted molar refractivity (Wildman–Crippen MR) is 67.7 cm³/mol. The number of carboxylic acids is 1. The zero-order chi connectivity index (χ0) is 13.2. The van der Waals surface area contributed by atoms with Gasteiger partial charge in [-0.05, 0) is 30.9 Å². The topological polar surface area (TPSA) is 76.2 Å². The smallest absolute Gasteiger partial charge is 0.336 e. The van der Waals surface area contributed by atoms with Crippen molar-refractivity contribution in [2.45, 2.75) is 25.7 Å². The normalized spacial score (nSPS) is 15.2. The largest absolute Gasteiger partial charge is 0.478 e. The molecule has 19 heavy (non-hydrogen) atoms. The van der Waals surface area contributed by atoms with Crippen LogP contribution in [0.2, 0.25) is 0 Å². The first-order chi connectivity index (χ1) is 9.24. The van der Waals surface area contributed by atoms with Crippen LogP contribution in [-0.4, -0.2) is 21.3 Å². The molecule has 1 aromatic heterocycles. The van der Waals surface area contributed by atoms with Gasteiger partial charge in [-0.25, -0.2) is 4.79 Å². The van der Waals surface area contributed by atoms with Crippen molar-refractivity contribution in [1.29, 1.82) is 0 Å².